The van der Waals surface area contributed by atoms with Gasteiger partial charge < -0.3 is 19.7 Å². The predicted octanol–water partition coefficient (Wildman–Crippen LogP) is 6.35. The molecule has 0 bridgehead atoms. The van der Waals surface area contributed by atoms with Gasteiger partial charge in [0.05, 0.1) is 17.8 Å². The summed E-state index contributed by atoms with van der Waals surface area (Å²) < 4.78 is 11.0. The van der Waals surface area contributed by atoms with Crippen molar-refractivity contribution >= 4 is 0 Å². The molecule has 192 valence electrons. The third-order valence-corrected chi connectivity index (χ3v) is 9.29. The van der Waals surface area contributed by atoms with Gasteiger partial charge in [-0.25, -0.2) is 0 Å². The molecule has 0 amide bonds. The van der Waals surface area contributed by atoms with Crippen molar-refractivity contribution in [3.8, 4) is 0 Å². The SMILES string of the molecule is C=C1/C(=C\C=C2/CCC[C@]3(C)[C@@H]([C@H](C)/C=C/[C@H](C)C(C)(C)OCOC)CC[C@@H]23)C[C@@H](O)C[C@@H]1O. The Balaban J connectivity index is 1.72. The van der Waals surface area contributed by atoms with Gasteiger partial charge in [-0.2, -0.15) is 0 Å². The molecule has 0 radical (unpaired) electrons. The average molecular weight is 473 g/mol. The molecule has 3 aliphatic carbocycles. The van der Waals surface area contributed by atoms with E-state index in [1.807, 2.05) is 0 Å². The number of ether oxygens (including phenoxy) is 2. The lowest BCUT2D eigenvalue weighted by atomic mass is 9.61. The van der Waals surface area contributed by atoms with Crippen LogP contribution in [0.2, 0.25) is 0 Å². The van der Waals surface area contributed by atoms with Crippen molar-refractivity contribution in [2.75, 3.05) is 13.9 Å². The zero-order valence-corrected chi connectivity index (χ0v) is 22.3. The summed E-state index contributed by atoms with van der Waals surface area (Å²) in [6.45, 7) is 15.8. The molecule has 0 heterocycles. The minimum atomic E-state index is -0.624. The summed E-state index contributed by atoms with van der Waals surface area (Å²) in [6, 6.07) is 0. The number of hydrogen-bond acceptors (Lipinski definition) is 4. The quantitative estimate of drug-likeness (QED) is 0.319. The topological polar surface area (TPSA) is 58.9 Å². The Kier molecular flexibility index (Phi) is 9.06. The van der Waals surface area contributed by atoms with E-state index in [9.17, 15) is 10.2 Å². The molecule has 0 aromatic carbocycles. The molecule has 4 heteroatoms. The summed E-state index contributed by atoms with van der Waals surface area (Å²) >= 11 is 0. The van der Waals surface area contributed by atoms with Gasteiger partial charge in [-0.05, 0) is 86.7 Å². The summed E-state index contributed by atoms with van der Waals surface area (Å²) in [5.74, 6) is 2.12. The lowest BCUT2D eigenvalue weighted by Crippen LogP contribution is -2.36. The number of rotatable bonds is 8. The van der Waals surface area contributed by atoms with Gasteiger partial charge in [0, 0.05) is 19.4 Å². The van der Waals surface area contributed by atoms with Crippen LogP contribution in [0.3, 0.4) is 0 Å². The summed E-state index contributed by atoms with van der Waals surface area (Å²) in [5.41, 5.74) is 3.39. The van der Waals surface area contributed by atoms with Gasteiger partial charge in [-0.15, -0.1) is 0 Å². The Bertz CT molecular complexity index is 807. The molecule has 0 aromatic heterocycles. The van der Waals surface area contributed by atoms with Gasteiger partial charge in [0.25, 0.3) is 0 Å². The van der Waals surface area contributed by atoms with Crippen LogP contribution in [0.25, 0.3) is 0 Å². The number of methoxy groups -OCH3 is 1. The fraction of sp³-hybridized carbons (Fsp3) is 0.733. The first-order valence-corrected chi connectivity index (χ1v) is 13.3. The Morgan fingerprint density at radius 2 is 1.91 bits per heavy atom. The van der Waals surface area contributed by atoms with Crippen molar-refractivity contribution in [3.05, 3.63) is 47.6 Å². The Labute approximate surface area is 207 Å². The molecule has 3 fully saturated rings. The minimum Gasteiger partial charge on any atom is -0.393 e. The number of allylic oxidation sites excluding steroid dienone is 4. The molecule has 0 spiro atoms. The highest BCUT2D eigenvalue weighted by molar-refractivity contribution is 5.38. The molecular formula is C30H48O4. The molecule has 4 nitrogen and oxygen atoms in total. The monoisotopic (exact) mass is 472 g/mol. The van der Waals surface area contributed by atoms with Gasteiger partial charge in [0.2, 0.25) is 0 Å². The highest BCUT2D eigenvalue weighted by Crippen LogP contribution is 2.59. The van der Waals surface area contributed by atoms with E-state index in [0.29, 0.717) is 48.7 Å². The van der Waals surface area contributed by atoms with Crippen LogP contribution in [0.5, 0.6) is 0 Å². The van der Waals surface area contributed by atoms with E-state index in [0.717, 1.165) is 17.6 Å². The summed E-state index contributed by atoms with van der Waals surface area (Å²) in [7, 11) is 1.66. The largest absolute Gasteiger partial charge is 0.393 e. The fourth-order valence-electron chi connectivity index (χ4n) is 6.66. The van der Waals surface area contributed by atoms with Crippen molar-refractivity contribution in [3.63, 3.8) is 0 Å². The van der Waals surface area contributed by atoms with Crippen LogP contribution < -0.4 is 0 Å². The van der Waals surface area contributed by atoms with Gasteiger partial charge >= 0.3 is 0 Å². The highest BCUT2D eigenvalue weighted by atomic mass is 16.7. The summed E-state index contributed by atoms with van der Waals surface area (Å²) in [4.78, 5) is 0. The van der Waals surface area contributed by atoms with E-state index in [2.05, 4.69) is 65.5 Å². The summed E-state index contributed by atoms with van der Waals surface area (Å²) in [6.07, 6.45) is 15.3. The second-order valence-electron chi connectivity index (χ2n) is 11.9. The van der Waals surface area contributed by atoms with Crippen LogP contribution in [0.15, 0.2) is 47.6 Å². The van der Waals surface area contributed by atoms with Crippen molar-refractivity contribution in [1.29, 1.82) is 0 Å². The number of aliphatic hydroxyl groups is 2. The zero-order chi connectivity index (χ0) is 25.1. The predicted molar refractivity (Wildman–Crippen MR) is 139 cm³/mol. The molecular weight excluding hydrogens is 424 g/mol. The highest BCUT2D eigenvalue weighted by Gasteiger charge is 2.50. The Morgan fingerprint density at radius 1 is 1.18 bits per heavy atom. The molecule has 0 unspecified atom stereocenters. The molecule has 3 aliphatic rings. The van der Waals surface area contributed by atoms with Crippen LogP contribution in [-0.4, -0.2) is 41.9 Å². The van der Waals surface area contributed by atoms with Crippen LogP contribution in [0.4, 0.5) is 0 Å². The molecule has 3 rings (SSSR count). The lowest BCUT2D eigenvalue weighted by molar-refractivity contribution is -0.128. The van der Waals surface area contributed by atoms with Crippen molar-refractivity contribution < 1.29 is 19.7 Å². The van der Waals surface area contributed by atoms with E-state index in [-0.39, 0.29) is 5.60 Å². The lowest BCUT2D eigenvalue weighted by Gasteiger charge is -2.44. The number of aliphatic hydroxyl groups excluding tert-OH is 2. The maximum absolute atomic E-state index is 10.2. The van der Waals surface area contributed by atoms with E-state index >= 15 is 0 Å². The third kappa shape index (κ3) is 5.95. The zero-order valence-electron chi connectivity index (χ0n) is 22.3. The minimum absolute atomic E-state index is 0.257. The van der Waals surface area contributed by atoms with E-state index in [1.54, 1.807) is 12.7 Å². The van der Waals surface area contributed by atoms with Crippen LogP contribution >= 0.6 is 0 Å². The number of hydrogen-bond donors (Lipinski definition) is 2. The maximum Gasteiger partial charge on any atom is 0.147 e. The molecule has 7 atom stereocenters. The van der Waals surface area contributed by atoms with E-state index < -0.39 is 12.2 Å². The molecule has 0 aromatic rings. The summed E-state index contributed by atoms with van der Waals surface area (Å²) in [5, 5.41) is 20.3. The van der Waals surface area contributed by atoms with Gasteiger partial charge in [-0.1, -0.05) is 57.2 Å². The smallest absolute Gasteiger partial charge is 0.147 e. The second-order valence-corrected chi connectivity index (χ2v) is 11.9. The Hall–Kier alpha value is -1.20. The first-order chi connectivity index (χ1) is 16.0. The number of fused-ring (bicyclic) bond motifs is 1. The second kappa shape index (κ2) is 11.2. The molecule has 0 saturated heterocycles. The standard InChI is InChI=1S/C30H48O4/c1-20(10-11-21(2)29(4,5)34-19-33-7)26-14-15-27-23(9-8-16-30(26,27)6)12-13-24-17-25(31)18-28(32)22(24)3/h10-13,20-21,25-28,31-32H,3,8-9,14-19H2,1-2,4-7H3/b11-10+,23-12+,24-13-/t20-,21+,25-,26-,27+,28+,30-/m1/s1. The molecule has 3 saturated carbocycles. The van der Waals surface area contributed by atoms with Crippen LogP contribution in [-0.2, 0) is 9.47 Å². The van der Waals surface area contributed by atoms with E-state index in [1.165, 1.54) is 25.7 Å². The average Bonchev–Trinajstić information content (AvgIpc) is 3.14. The van der Waals surface area contributed by atoms with Crippen molar-refractivity contribution in [2.45, 2.75) is 97.4 Å². The van der Waals surface area contributed by atoms with Crippen LogP contribution in [0, 0.1) is 29.1 Å². The maximum atomic E-state index is 10.2. The third-order valence-electron chi connectivity index (χ3n) is 9.29. The first kappa shape index (κ1) is 27.4. The molecule has 34 heavy (non-hydrogen) atoms. The fourth-order valence-corrected chi connectivity index (χ4v) is 6.66. The normalized spacial score (nSPS) is 36.9. The molecule has 2 N–H and O–H groups in total. The van der Waals surface area contributed by atoms with Crippen molar-refractivity contribution in [1.82, 2.24) is 0 Å². The van der Waals surface area contributed by atoms with Gasteiger partial charge in [0.15, 0.2) is 0 Å². The molecule has 0 aliphatic heterocycles. The van der Waals surface area contributed by atoms with Gasteiger partial charge in [-0.3, -0.25) is 0 Å². The van der Waals surface area contributed by atoms with Crippen LogP contribution in [0.1, 0.15) is 79.6 Å². The van der Waals surface area contributed by atoms with Crippen molar-refractivity contribution in [2.24, 2.45) is 29.1 Å². The van der Waals surface area contributed by atoms with Gasteiger partial charge in [0.1, 0.15) is 6.79 Å². The Morgan fingerprint density at radius 3 is 2.62 bits per heavy atom. The van der Waals surface area contributed by atoms with E-state index in [4.69, 9.17) is 9.47 Å². The first-order valence-electron chi connectivity index (χ1n) is 13.3.